The first kappa shape index (κ1) is 19.3. The van der Waals surface area contributed by atoms with Gasteiger partial charge in [0.1, 0.15) is 0 Å². The molecule has 0 aliphatic carbocycles. The second kappa shape index (κ2) is 8.98. The Bertz CT molecular complexity index is 579. The standard InChI is InChI=1S/C21H34N4O/c1-4-13-25-14-12-18(10-11-21(25)26)24(3)16(2)19-15-20(23-22-19)17-8-6-5-7-9-17/h5-9,16,18-20,22-23H,4,10-15H2,1-3H3. The van der Waals surface area contributed by atoms with E-state index in [1.54, 1.807) is 0 Å². The van der Waals surface area contributed by atoms with Crippen LogP contribution in [0, 0.1) is 0 Å². The third-order valence-electron chi connectivity index (χ3n) is 6.21. The summed E-state index contributed by atoms with van der Waals surface area (Å²) in [6.07, 6.45) is 4.87. The third-order valence-corrected chi connectivity index (χ3v) is 6.21. The minimum absolute atomic E-state index is 0.334. The van der Waals surface area contributed by atoms with Crippen molar-refractivity contribution in [3.8, 4) is 0 Å². The van der Waals surface area contributed by atoms with Gasteiger partial charge in [0.25, 0.3) is 0 Å². The van der Waals surface area contributed by atoms with Crippen molar-refractivity contribution in [2.75, 3.05) is 20.1 Å². The second-order valence-electron chi connectivity index (χ2n) is 7.86. The summed E-state index contributed by atoms with van der Waals surface area (Å²) in [6.45, 7) is 6.25. The molecule has 5 heteroatoms. The summed E-state index contributed by atoms with van der Waals surface area (Å²) in [7, 11) is 2.23. The lowest BCUT2D eigenvalue weighted by molar-refractivity contribution is -0.130. The molecule has 1 aromatic carbocycles. The van der Waals surface area contributed by atoms with Gasteiger partial charge >= 0.3 is 0 Å². The molecular weight excluding hydrogens is 324 g/mol. The van der Waals surface area contributed by atoms with Crippen molar-refractivity contribution in [1.82, 2.24) is 20.7 Å². The van der Waals surface area contributed by atoms with Gasteiger partial charge in [0, 0.05) is 43.7 Å². The predicted octanol–water partition coefficient (Wildman–Crippen LogP) is 2.71. The highest BCUT2D eigenvalue weighted by Gasteiger charge is 2.34. The summed E-state index contributed by atoms with van der Waals surface area (Å²) in [5, 5.41) is 0. The van der Waals surface area contributed by atoms with E-state index in [1.165, 1.54) is 5.56 Å². The van der Waals surface area contributed by atoms with E-state index in [2.05, 4.69) is 71.9 Å². The highest BCUT2D eigenvalue weighted by Crippen LogP contribution is 2.27. The Labute approximate surface area is 158 Å². The normalized spacial score (nSPS) is 28.4. The molecule has 4 unspecified atom stereocenters. The number of hydrogen-bond acceptors (Lipinski definition) is 4. The van der Waals surface area contributed by atoms with Crippen molar-refractivity contribution in [2.24, 2.45) is 0 Å². The zero-order valence-electron chi connectivity index (χ0n) is 16.4. The van der Waals surface area contributed by atoms with Gasteiger partial charge in [-0.05, 0) is 45.2 Å². The van der Waals surface area contributed by atoms with E-state index in [-0.39, 0.29) is 0 Å². The summed E-state index contributed by atoms with van der Waals surface area (Å²) >= 11 is 0. The summed E-state index contributed by atoms with van der Waals surface area (Å²) < 4.78 is 0. The molecule has 2 heterocycles. The molecule has 0 bridgehead atoms. The van der Waals surface area contributed by atoms with E-state index >= 15 is 0 Å². The topological polar surface area (TPSA) is 47.6 Å². The zero-order valence-corrected chi connectivity index (χ0v) is 16.4. The fraction of sp³-hybridized carbons (Fsp3) is 0.667. The Morgan fingerprint density at radius 3 is 2.73 bits per heavy atom. The number of carbonyl (C=O) groups is 1. The highest BCUT2D eigenvalue weighted by molar-refractivity contribution is 5.76. The van der Waals surface area contributed by atoms with Crippen LogP contribution in [-0.4, -0.2) is 54.0 Å². The summed E-state index contributed by atoms with van der Waals surface area (Å²) in [5.74, 6) is 0.334. The van der Waals surface area contributed by atoms with Gasteiger partial charge in [0.05, 0.1) is 0 Å². The predicted molar refractivity (Wildman–Crippen MR) is 106 cm³/mol. The number of nitrogens with one attached hydrogen (secondary N) is 2. The third kappa shape index (κ3) is 4.45. The van der Waals surface area contributed by atoms with Gasteiger partial charge in [-0.15, -0.1) is 0 Å². The van der Waals surface area contributed by atoms with E-state index in [4.69, 9.17) is 0 Å². The molecule has 2 N–H and O–H groups in total. The van der Waals surface area contributed by atoms with Crippen LogP contribution in [0.5, 0.6) is 0 Å². The number of benzene rings is 1. The van der Waals surface area contributed by atoms with Crippen molar-refractivity contribution in [2.45, 2.75) is 70.1 Å². The van der Waals surface area contributed by atoms with Crippen LogP contribution in [0.2, 0.25) is 0 Å². The van der Waals surface area contributed by atoms with Gasteiger partial charge in [0.15, 0.2) is 0 Å². The first-order chi connectivity index (χ1) is 12.6. The molecule has 4 atom stereocenters. The van der Waals surface area contributed by atoms with Crippen LogP contribution >= 0.6 is 0 Å². The number of carbonyl (C=O) groups excluding carboxylic acids is 1. The van der Waals surface area contributed by atoms with E-state index in [0.717, 1.165) is 38.8 Å². The number of rotatable bonds is 6. The van der Waals surface area contributed by atoms with Crippen LogP contribution in [0.15, 0.2) is 30.3 Å². The van der Waals surface area contributed by atoms with E-state index in [9.17, 15) is 4.79 Å². The lowest BCUT2D eigenvalue weighted by atomic mass is 9.96. The van der Waals surface area contributed by atoms with Crippen LogP contribution in [0.3, 0.4) is 0 Å². The SMILES string of the molecule is CCCN1CCC(N(C)C(C)C2CC(c3ccccc3)NN2)CCC1=O. The van der Waals surface area contributed by atoms with Gasteiger partial charge in [-0.1, -0.05) is 37.3 Å². The monoisotopic (exact) mass is 358 g/mol. The first-order valence-corrected chi connectivity index (χ1v) is 10.2. The van der Waals surface area contributed by atoms with Crippen molar-refractivity contribution in [3.63, 3.8) is 0 Å². The van der Waals surface area contributed by atoms with Gasteiger partial charge in [0.2, 0.25) is 5.91 Å². The summed E-state index contributed by atoms with van der Waals surface area (Å²) in [4.78, 5) is 16.8. The molecule has 2 aliphatic heterocycles. The first-order valence-electron chi connectivity index (χ1n) is 10.2. The number of likely N-dealkylation sites (N-methyl/N-ethyl adjacent to an activating group) is 1. The average molecular weight is 359 g/mol. The van der Waals surface area contributed by atoms with E-state index in [1.807, 2.05) is 0 Å². The maximum absolute atomic E-state index is 12.3. The fourth-order valence-electron chi connectivity index (χ4n) is 4.35. The number of hydrogen-bond donors (Lipinski definition) is 2. The van der Waals surface area contributed by atoms with Gasteiger partial charge < -0.3 is 4.90 Å². The van der Waals surface area contributed by atoms with Crippen molar-refractivity contribution in [3.05, 3.63) is 35.9 Å². The molecule has 0 saturated carbocycles. The molecule has 2 aliphatic rings. The molecule has 144 valence electrons. The van der Waals surface area contributed by atoms with Gasteiger partial charge in [-0.25, -0.2) is 5.43 Å². The number of amides is 1. The minimum atomic E-state index is 0.334. The number of hydrazine groups is 1. The second-order valence-corrected chi connectivity index (χ2v) is 7.86. The van der Waals surface area contributed by atoms with Crippen molar-refractivity contribution < 1.29 is 4.79 Å². The average Bonchev–Trinajstić information content (AvgIpc) is 3.09. The van der Waals surface area contributed by atoms with Crippen LogP contribution in [0.25, 0.3) is 0 Å². The number of likely N-dealkylation sites (tertiary alicyclic amines) is 1. The largest absolute Gasteiger partial charge is 0.343 e. The van der Waals surface area contributed by atoms with E-state index in [0.29, 0.717) is 36.5 Å². The summed E-state index contributed by atoms with van der Waals surface area (Å²) in [6, 6.07) is 12.3. The molecule has 2 saturated heterocycles. The Morgan fingerprint density at radius 1 is 1.23 bits per heavy atom. The van der Waals surface area contributed by atoms with Gasteiger partial charge in [-0.3, -0.25) is 15.1 Å². The summed E-state index contributed by atoms with van der Waals surface area (Å²) in [5.41, 5.74) is 8.32. The van der Waals surface area contributed by atoms with Crippen LogP contribution in [-0.2, 0) is 4.79 Å². The zero-order chi connectivity index (χ0) is 18.5. The molecule has 2 fully saturated rings. The Hall–Kier alpha value is -1.43. The quantitative estimate of drug-likeness (QED) is 0.821. The highest BCUT2D eigenvalue weighted by atomic mass is 16.2. The molecular formula is C21H34N4O. The van der Waals surface area contributed by atoms with E-state index < -0.39 is 0 Å². The van der Waals surface area contributed by atoms with Crippen molar-refractivity contribution >= 4 is 5.91 Å². The Morgan fingerprint density at radius 2 is 2.00 bits per heavy atom. The molecule has 0 aromatic heterocycles. The number of nitrogens with zero attached hydrogens (tertiary/aromatic N) is 2. The fourth-order valence-corrected chi connectivity index (χ4v) is 4.35. The molecule has 26 heavy (non-hydrogen) atoms. The molecule has 5 nitrogen and oxygen atoms in total. The lowest BCUT2D eigenvalue weighted by Gasteiger charge is -2.35. The lowest BCUT2D eigenvalue weighted by Crippen LogP contribution is -2.49. The molecule has 3 rings (SSSR count). The Kier molecular flexibility index (Phi) is 6.68. The maximum atomic E-state index is 12.3. The minimum Gasteiger partial charge on any atom is -0.343 e. The maximum Gasteiger partial charge on any atom is 0.222 e. The Balaban J connectivity index is 1.56. The van der Waals surface area contributed by atoms with Crippen LogP contribution in [0.1, 0.15) is 57.6 Å². The van der Waals surface area contributed by atoms with Crippen molar-refractivity contribution in [1.29, 1.82) is 0 Å². The molecule has 0 spiro atoms. The molecule has 1 amide bonds. The van der Waals surface area contributed by atoms with Crippen LogP contribution < -0.4 is 10.9 Å². The van der Waals surface area contributed by atoms with Gasteiger partial charge in [-0.2, -0.15) is 0 Å². The smallest absolute Gasteiger partial charge is 0.222 e. The molecule has 0 radical (unpaired) electrons. The van der Waals surface area contributed by atoms with Crippen LogP contribution in [0.4, 0.5) is 0 Å². The molecule has 1 aromatic rings.